The Balaban J connectivity index is 1.48. The van der Waals surface area contributed by atoms with Crippen LogP contribution in [0.15, 0.2) is 78.9 Å². The average molecular weight is 463 g/mol. The molecule has 9 rings (SSSR count). The quantitative estimate of drug-likeness (QED) is 0.255. The van der Waals surface area contributed by atoms with Crippen molar-refractivity contribution in [1.82, 2.24) is 14.1 Å². The molecule has 6 heteroatoms. The Hall–Kier alpha value is -4.45. The van der Waals surface area contributed by atoms with E-state index in [1.54, 1.807) is 0 Å². The first-order valence-corrected chi connectivity index (χ1v) is 12.5. The molecule has 5 heterocycles. The van der Waals surface area contributed by atoms with E-state index in [2.05, 4.69) is 119 Å². The number of hydrogen-bond donors (Lipinski definition) is 0. The number of fused-ring (bicyclic) bond motifs is 13. The number of anilines is 4. The highest BCUT2D eigenvalue weighted by Crippen LogP contribution is 2.59. The molecule has 2 aromatic heterocycles. The molecule has 0 spiro atoms. The predicted molar refractivity (Wildman–Crippen MR) is 149 cm³/mol. The van der Waals surface area contributed by atoms with Gasteiger partial charge in [-0.15, -0.1) is 0 Å². The Morgan fingerprint density at radius 3 is 2.36 bits per heavy atom. The summed E-state index contributed by atoms with van der Waals surface area (Å²) in [5.41, 5.74) is 14.6. The molecule has 0 unspecified atom stereocenters. The zero-order valence-corrected chi connectivity index (χ0v) is 20.3. The summed E-state index contributed by atoms with van der Waals surface area (Å²) in [4.78, 5) is 10.3. The van der Waals surface area contributed by atoms with Crippen LogP contribution in [0.25, 0.3) is 38.8 Å². The van der Waals surface area contributed by atoms with E-state index in [-0.39, 0.29) is 6.98 Å². The molecule has 0 N–H and O–H groups in total. The summed E-state index contributed by atoms with van der Waals surface area (Å²) in [6.07, 6.45) is 0. The number of rotatable bonds is 0. The largest absolute Gasteiger partial charge is 0.460 e. The van der Waals surface area contributed by atoms with Gasteiger partial charge in [0.1, 0.15) is 11.5 Å². The lowest BCUT2D eigenvalue weighted by Gasteiger charge is -2.37. The number of nitrogens with zero attached hydrogens (tertiary/aromatic N) is 5. The van der Waals surface area contributed by atoms with E-state index in [1.165, 1.54) is 61.7 Å². The molecule has 0 aliphatic carbocycles. The maximum atomic E-state index is 5.28. The van der Waals surface area contributed by atoms with Gasteiger partial charge in [-0.1, -0.05) is 42.0 Å². The van der Waals surface area contributed by atoms with E-state index in [0.717, 1.165) is 16.8 Å². The summed E-state index contributed by atoms with van der Waals surface area (Å²) in [6, 6.07) is 28.9. The number of aromatic nitrogens is 3. The zero-order chi connectivity index (χ0) is 23.9. The zero-order valence-electron chi connectivity index (χ0n) is 20.3. The van der Waals surface area contributed by atoms with Crippen LogP contribution in [0.5, 0.6) is 0 Å². The second-order valence-electron chi connectivity index (χ2n) is 10.4. The van der Waals surface area contributed by atoms with Gasteiger partial charge >= 0.3 is 6.98 Å². The van der Waals surface area contributed by atoms with E-state index in [1.807, 2.05) is 0 Å². The van der Waals surface area contributed by atoms with Crippen LogP contribution < -0.4 is 15.3 Å². The first-order chi connectivity index (χ1) is 17.6. The number of imidazole rings is 1. The van der Waals surface area contributed by atoms with Crippen molar-refractivity contribution >= 4 is 57.5 Å². The van der Waals surface area contributed by atoms with E-state index in [9.17, 15) is 0 Å². The second-order valence-corrected chi connectivity index (χ2v) is 10.4. The fraction of sp³-hybridized carbons (Fsp3) is 0.100. The fourth-order valence-corrected chi connectivity index (χ4v) is 6.83. The van der Waals surface area contributed by atoms with E-state index >= 15 is 0 Å². The summed E-state index contributed by atoms with van der Waals surface area (Å²) >= 11 is 0. The molecule has 0 bridgehead atoms. The lowest BCUT2D eigenvalue weighted by Crippen LogP contribution is -2.59. The molecule has 3 aliphatic rings. The summed E-state index contributed by atoms with van der Waals surface area (Å²) in [6.45, 7) is 4.28. The number of para-hydroxylation sites is 2. The van der Waals surface area contributed by atoms with Crippen molar-refractivity contribution in [3.8, 4) is 16.8 Å². The second kappa shape index (κ2) is 6.03. The van der Waals surface area contributed by atoms with Crippen molar-refractivity contribution in [2.45, 2.75) is 13.8 Å². The Kier molecular flexibility index (Phi) is 3.15. The third kappa shape index (κ3) is 1.97. The van der Waals surface area contributed by atoms with Gasteiger partial charge in [-0.2, -0.15) is 0 Å². The van der Waals surface area contributed by atoms with Gasteiger partial charge in [-0.05, 0) is 67.4 Å². The van der Waals surface area contributed by atoms with Crippen molar-refractivity contribution in [1.29, 1.82) is 0 Å². The molecule has 4 aromatic carbocycles. The highest BCUT2D eigenvalue weighted by molar-refractivity contribution is 6.85. The molecular formula is C30H22BN5. The molecule has 0 atom stereocenters. The average Bonchev–Trinajstić information content (AvgIpc) is 3.53. The van der Waals surface area contributed by atoms with Crippen LogP contribution in [0.1, 0.15) is 11.1 Å². The van der Waals surface area contributed by atoms with Gasteiger partial charge in [-0.25, -0.2) is 4.98 Å². The highest BCUT2D eigenvalue weighted by Gasteiger charge is 2.54. The van der Waals surface area contributed by atoms with Crippen molar-refractivity contribution < 1.29 is 0 Å². The van der Waals surface area contributed by atoms with Crippen LogP contribution in [-0.2, 0) is 7.05 Å². The molecule has 0 fully saturated rings. The van der Waals surface area contributed by atoms with Gasteiger partial charge in [0.25, 0.3) is 0 Å². The summed E-state index contributed by atoms with van der Waals surface area (Å²) in [5, 5.41) is 1.33. The SMILES string of the molecule is Cc1ccc2c(c1)-c1cccc3c1c1c(n3C)N3B(c4nc5ccccc5n4-c4cc(C)ccc43)N21. The molecule has 0 saturated carbocycles. The van der Waals surface area contributed by atoms with Crippen LogP contribution in [0.2, 0.25) is 0 Å². The summed E-state index contributed by atoms with van der Waals surface area (Å²) < 4.78 is 4.76. The Bertz CT molecular complexity index is 1960. The van der Waals surface area contributed by atoms with Crippen molar-refractivity contribution in [2.75, 3.05) is 9.62 Å². The molecule has 36 heavy (non-hydrogen) atoms. The van der Waals surface area contributed by atoms with Gasteiger partial charge in [0.05, 0.1) is 33.6 Å². The third-order valence-corrected chi connectivity index (χ3v) is 8.28. The fourth-order valence-electron chi connectivity index (χ4n) is 6.83. The van der Waals surface area contributed by atoms with Crippen molar-refractivity contribution in [3.63, 3.8) is 0 Å². The van der Waals surface area contributed by atoms with E-state index in [0.29, 0.717) is 0 Å². The molecule has 170 valence electrons. The predicted octanol–water partition coefficient (Wildman–Crippen LogP) is 6.11. The Morgan fingerprint density at radius 2 is 1.47 bits per heavy atom. The molecule has 3 aliphatic heterocycles. The van der Waals surface area contributed by atoms with Gasteiger partial charge in [0.15, 0.2) is 0 Å². The highest BCUT2D eigenvalue weighted by atomic mass is 15.4. The standard InChI is InChI=1S/C30H22BN5/c1-17-11-13-22-20(15-17)19-7-6-10-25-27(19)28-29(33(25)3)36-24-14-12-18(2)16-26(24)34-23-9-5-4-8-21(23)32-30(34)31(36)35(22)28/h4-16H,1-3H3. The lowest BCUT2D eigenvalue weighted by molar-refractivity contribution is 0.957. The summed E-state index contributed by atoms with van der Waals surface area (Å²) in [7, 11) is 2.21. The molecule has 0 amide bonds. The minimum Gasteiger partial charge on any atom is -0.355 e. The van der Waals surface area contributed by atoms with Crippen LogP contribution >= 0.6 is 0 Å². The number of benzene rings is 4. The van der Waals surface area contributed by atoms with E-state index in [4.69, 9.17) is 4.98 Å². The summed E-state index contributed by atoms with van der Waals surface area (Å²) in [5.74, 6) is 1.23. The minimum atomic E-state index is -0.0666. The van der Waals surface area contributed by atoms with Crippen LogP contribution in [0.4, 0.5) is 22.9 Å². The third-order valence-electron chi connectivity index (χ3n) is 8.28. The molecule has 0 saturated heterocycles. The minimum absolute atomic E-state index is 0.0666. The van der Waals surface area contributed by atoms with Crippen molar-refractivity contribution in [3.05, 3.63) is 90.0 Å². The van der Waals surface area contributed by atoms with Gasteiger partial charge in [-0.3, -0.25) is 4.57 Å². The monoisotopic (exact) mass is 463 g/mol. The van der Waals surface area contributed by atoms with Crippen molar-refractivity contribution in [2.24, 2.45) is 7.05 Å². The first-order valence-electron chi connectivity index (χ1n) is 12.5. The van der Waals surface area contributed by atoms with Gasteiger partial charge in [0, 0.05) is 23.7 Å². The maximum Gasteiger partial charge on any atom is 0.460 e. The first kappa shape index (κ1) is 18.8. The van der Waals surface area contributed by atoms with Gasteiger partial charge < -0.3 is 14.2 Å². The molecule has 6 aromatic rings. The van der Waals surface area contributed by atoms with E-state index < -0.39 is 0 Å². The number of hydrogen-bond acceptors (Lipinski definition) is 3. The smallest absolute Gasteiger partial charge is 0.355 e. The van der Waals surface area contributed by atoms with Gasteiger partial charge in [0.2, 0.25) is 0 Å². The number of aryl methyl sites for hydroxylation is 3. The topological polar surface area (TPSA) is 29.2 Å². The van der Waals surface area contributed by atoms with Crippen LogP contribution in [-0.4, -0.2) is 21.1 Å². The molecule has 0 radical (unpaired) electrons. The maximum absolute atomic E-state index is 5.28. The lowest BCUT2D eigenvalue weighted by atomic mass is 9.68. The van der Waals surface area contributed by atoms with Crippen LogP contribution in [0, 0.1) is 13.8 Å². The molecule has 5 nitrogen and oxygen atoms in total. The van der Waals surface area contributed by atoms with Crippen LogP contribution in [0.3, 0.4) is 0 Å². The normalized spacial score (nSPS) is 14.4. The molecular weight excluding hydrogens is 441 g/mol. The Labute approximate surface area is 208 Å². The Morgan fingerprint density at radius 1 is 0.694 bits per heavy atom.